The molecule has 2 fully saturated rings. The molecule has 2 rings (SSSR count). The second kappa shape index (κ2) is 5.28. The molecular formula is C13H23NO2. The highest BCUT2D eigenvalue weighted by Gasteiger charge is 2.37. The van der Waals surface area contributed by atoms with Gasteiger partial charge in [0.25, 0.3) is 0 Å². The summed E-state index contributed by atoms with van der Waals surface area (Å²) >= 11 is 0. The fourth-order valence-electron chi connectivity index (χ4n) is 3.20. The van der Waals surface area contributed by atoms with Gasteiger partial charge in [-0.15, -0.1) is 0 Å². The van der Waals surface area contributed by atoms with Crippen LogP contribution in [0.15, 0.2) is 0 Å². The second-order valence-electron chi connectivity index (χ2n) is 5.15. The van der Waals surface area contributed by atoms with Crippen LogP contribution < -0.4 is 0 Å². The number of piperidine rings is 2. The Hall–Kier alpha value is -0.410. The number of nitrogens with zero attached hydrogens (tertiary/aromatic N) is 1. The summed E-state index contributed by atoms with van der Waals surface area (Å²) in [5.74, 6) is 0.468. The molecule has 0 radical (unpaired) electrons. The molecule has 2 aliphatic heterocycles. The summed E-state index contributed by atoms with van der Waals surface area (Å²) in [4.78, 5) is 14.1. The van der Waals surface area contributed by atoms with Crippen LogP contribution in [0.3, 0.4) is 0 Å². The number of carbonyl (C=O) groups is 1. The van der Waals surface area contributed by atoms with Crippen molar-refractivity contribution >= 4 is 5.78 Å². The number of ether oxygens (including phenoxy) is 1. The normalized spacial score (nSPS) is 32.8. The van der Waals surface area contributed by atoms with E-state index in [1.54, 1.807) is 0 Å². The van der Waals surface area contributed by atoms with E-state index in [1.807, 2.05) is 6.92 Å². The fraction of sp³-hybridized carbons (Fsp3) is 0.923. The highest BCUT2D eigenvalue weighted by Crippen LogP contribution is 2.32. The lowest BCUT2D eigenvalue weighted by Gasteiger charge is -2.46. The third kappa shape index (κ3) is 2.64. The maximum absolute atomic E-state index is 11.6. The Bertz CT molecular complexity index is 238. The maximum Gasteiger partial charge on any atom is 0.136 e. The molecule has 2 heterocycles. The predicted molar refractivity (Wildman–Crippen MR) is 63.5 cm³/mol. The summed E-state index contributed by atoms with van der Waals surface area (Å²) in [6, 6.07) is 1.01. The van der Waals surface area contributed by atoms with Crippen LogP contribution in [0.2, 0.25) is 0 Å². The number of Topliss-reactive ketones (excluding diaryl/α,β-unsaturated/α-hetero) is 1. The molecule has 2 bridgehead atoms. The van der Waals surface area contributed by atoms with Gasteiger partial charge in [-0.1, -0.05) is 6.42 Å². The molecule has 0 amide bonds. The van der Waals surface area contributed by atoms with E-state index in [-0.39, 0.29) is 0 Å². The van der Waals surface area contributed by atoms with Crippen molar-refractivity contribution in [1.29, 1.82) is 0 Å². The molecule has 0 saturated carbocycles. The first-order valence-electron chi connectivity index (χ1n) is 6.59. The standard InChI is InChI=1S/C13H23NO2/c1-3-16-10(2)9-14-11-5-4-6-12(14)8-13(15)7-11/h10-12H,3-9H2,1-2H3. The number of ketones is 1. The van der Waals surface area contributed by atoms with Gasteiger partial charge in [-0.3, -0.25) is 9.69 Å². The Balaban J connectivity index is 1.95. The zero-order chi connectivity index (χ0) is 11.5. The van der Waals surface area contributed by atoms with Crippen molar-refractivity contribution in [2.45, 2.75) is 64.1 Å². The topological polar surface area (TPSA) is 29.5 Å². The third-order valence-electron chi connectivity index (χ3n) is 3.86. The van der Waals surface area contributed by atoms with Crippen molar-refractivity contribution in [2.75, 3.05) is 13.2 Å². The predicted octanol–water partition coefficient (Wildman–Crippen LogP) is 2.00. The molecule has 16 heavy (non-hydrogen) atoms. The van der Waals surface area contributed by atoms with Crippen LogP contribution in [0.1, 0.15) is 46.0 Å². The van der Waals surface area contributed by atoms with Crippen LogP contribution in [-0.2, 0) is 9.53 Å². The summed E-state index contributed by atoms with van der Waals surface area (Å²) in [6.45, 7) is 5.95. The molecule has 2 saturated heterocycles. The van der Waals surface area contributed by atoms with Gasteiger partial charge in [0, 0.05) is 38.1 Å². The Kier molecular flexibility index (Phi) is 3.98. The molecule has 3 unspecified atom stereocenters. The van der Waals surface area contributed by atoms with E-state index in [0.717, 1.165) is 26.0 Å². The summed E-state index contributed by atoms with van der Waals surface area (Å²) in [5, 5.41) is 0. The van der Waals surface area contributed by atoms with Gasteiger partial charge < -0.3 is 4.74 Å². The first-order chi connectivity index (χ1) is 7.70. The van der Waals surface area contributed by atoms with Crippen molar-refractivity contribution in [2.24, 2.45) is 0 Å². The molecular weight excluding hydrogens is 202 g/mol. The van der Waals surface area contributed by atoms with Gasteiger partial charge in [0.1, 0.15) is 5.78 Å². The Morgan fingerprint density at radius 3 is 2.56 bits per heavy atom. The molecule has 0 N–H and O–H groups in total. The van der Waals surface area contributed by atoms with Crippen molar-refractivity contribution < 1.29 is 9.53 Å². The average Bonchev–Trinajstić information content (AvgIpc) is 2.19. The van der Waals surface area contributed by atoms with Gasteiger partial charge in [0.05, 0.1) is 6.10 Å². The Morgan fingerprint density at radius 2 is 2.00 bits per heavy atom. The number of rotatable bonds is 4. The summed E-state index contributed by atoms with van der Waals surface area (Å²) in [7, 11) is 0. The van der Waals surface area contributed by atoms with Crippen LogP contribution in [-0.4, -0.2) is 42.0 Å². The summed E-state index contributed by atoms with van der Waals surface area (Å²) in [5.41, 5.74) is 0. The average molecular weight is 225 g/mol. The number of hydrogen-bond acceptors (Lipinski definition) is 3. The molecule has 0 aromatic heterocycles. The van der Waals surface area contributed by atoms with Crippen molar-refractivity contribution in [3.63, 3.8) is 0 Å². The van der Waals surface area contributed by atoms with Crippen molar-refractivity contribution in [1.82, 2.24) is 4.90 Å². The van der Waals surface area contributed by atoms with Gasteiger partial charge >= 0.3 is 0 Å². The molecule has 0 aliphatic carbocycles. The van der Waals surface area contributed by atoms with Gasteiger partial charge in [-0.2, -0.15) is 0 Å². The fourth-order valence-corrected chi connectivity index (χ4v) is 3.20. The third-order valence-corrected chi connectivity index (χ3v) is 3.86. The maximum atomic E-state index is 11.6. The van der Waals surface area contributed by atoms with Crippen molar-refractivity contribution in [3.05, 3.63) is 0 Å². The molecule has 2 aliphatic rings. The second-order valence-corrected chi connectivity index (χ2v) is 5.15. The van der Waals surface area contributed by atoms with E-state index in [4.69, 9.17) is 4.74 Å². The highest BCUT2D eigenvalue weighted by molar-refractivity contribution is 5.80. The van der Waals surface area contributed by atoms with E-state index in [2.05, 4.69) is 11.8 Å². The van der Waals surface area contributed by atoms with Crippen LogP contribution in [0.25, 0.3) is 0 Å². The molecule has 3 atom stereocenters. The SMILES string of the molecule is CCOC(C)CN1C2CCCC1CC(=O)C2. The van der Waals surface area contributed by atoms with Gasteiger partial charge in [0.15, 0.2) is 0 Å². The van der Waals surface area contributed by atoms with Crippen LogP contribution in [0.5, 0.6) is 0 Å². The van der Waals surface area contributed by atoms with Crippen LogP contribution in [0, 0.1) is 0 Å². The Morgan fingerprint density at radius 1 is 1.38 bits per heavy atom. The molecule has 0 spiro atoms. The van der Waals surface area contributed by atoms with E-state index >= 15 is 0 Å². The highest BCUT2D eigenvalue weighted by atomic mass is 16.5. The minimum atomic E-state index is 0.293. The first kappa shape index (κ1) is 12.1. The van der Waals surface area contributed by atoms with Crippen molar-refractivity contribution in [3.8, 4) is 0 Å². The molecule has 0 aromatic carbocycles. The monoisotopic (exact) mass is 225 g/mol. The summed E-state index contributed by atoms with van der Waals surface area (Å²) < 4.78 is 5.61. The smallest absolute Gasteiger partial charge is 0.136 e. The van der Waals surface area contributed by atoms with E-state index in [1.165, 1.54) is 19.3 Å². The van der Waals surface area contributed by atoms with Crippen LogP contribution in [0.4, 0.5) is 0 Å². The lowest BCUT2D eigenvalue weighted by atomic mass is 9.83. The van der Waals surface area contributed by atoms with E-state index < -0.39 is 0 Å². The minimum Gasteiger partial charge on any atom is -0.377 e. The molecule has 3 nitrogen and oxygen atoms in total. The zero-order valence-electron chi connectivity index (χ0n) is 10.4. The van der Waals surface area contributed by atoms with Gasteiger partial charge in [0.2, 0.25) is 0 Å². The number of carbonyl (C=O) groups excluding carboxylic acids is 1. The van der Waals surface area contributed by atoms with E-state index in [9.17, 15) is 4.79 Å². The quantitative estimate of drug-likeness (QED) is 0.733. The largest absolute Gasteiger partial charge is 0.377 e. The zero-order valence-corrected chi connectivity index (χ0v) is 10.4. The van der Waals surface area contributed by atoms with Crippen LogP contribution >= 0.6 is 0 Å². The van der Waals surface area contributed by atoms with Gasteiger partial charge in [-0.05, 0) is 26.7 Å². The van der Waals surface area contributed by atoms with Gasteiger partial charge in [-0.25, -0.2) is 0 Å². The van der Waals surface area contributed by atoms with E-state index in [0.29, 0.717) is 24.0 Å². The number of fused-ring (bicyclic) bond motifs is 2. The number of hydrogen-bond donors (Lipinski definition) is 0. The minimum absolute atomic E-state index is 0.293. The molecule has 3 heteroatoms. The molecule has 0 aromatic rings. The lowest BCUT2D eigenvalue weighted by molar-refractivity contribution is -0.128. The first-order valence-corrected chi connectivity index (χ1v) is 6.59. The Labute approximate surface area is 98.1 Å². The lowest BCUT2D eigenvalue weighted by Crippen LogP contribution is -2.54. The molecule has 92 valence electrons. The summed E-state index contributed by atoms with van der Waals surface area (Å²) in [6.07, 6.45) is 5.52.